The second-order valence-corrected chi connectivity index (χ2v) is 9.74. The standard InChI is InChI=1S/C30H32N2O5/c33-29(34)24-11-9-21(10-12-24)15-18-36-26-8-4-7-25(19-26)28(23-5-2-1-3-6-23)31-30(35)37-27-20-32-16-13-22(27)14-17-32/h1-12,19,22,27-28H,13-18,20H2,(H,31,35)(H,33,34). The number of carboxylic acids is 1. The van der Waals surface area contributed by atoms with Crippen LogP contribution in [0.15, 0.2) is 78.9 Å². The summed E-state index contributed by atoms with van der Waals surface area (Å²) < 4.78 is 11.9. The number of fused-ring (bicyclic) bond motifs is 3. The van der Waals surface area contributed by atoms with Gasteiger partial charge in [-0.25, -0.2) is 9.59 Å². The maximum Gasteiger partial charge on any atom is 0.408 e. The van der Waals surface area contributed by atoms with E-state index < -0.39 is 12.1 Å². The van der Waals surface area contributed by atoms with Crippen LogP contribution < -0.4 is 10.1 Å². The summed E-state index contributed by atoms with van der Waals surface area (Å²) >= 11 is 0. The van der Waals surface area contributed by atoms with E-state index in [2.05, 4.69) is 10.2 Å². The van der Waals surface area contributed by atoms with Crippen molar-refractivity contribution in [2.75, 3.05) is 26.2 Å². The molecule has 0 radical (unpaired) electrons. The van der Waals surface area contributed by atoms with Crippen molar-refractivity contribution < 1.29 is 24.2 Å². The summed E-state index contributed by atoms with van der Waals surface area (Å²) in [5, 5.41) is 12.2. The molecule has 0 aromatic heterocycles. The predicted molar refractivity (Wildman–Crippen MR) is 140 cm³/mol. The van der Waals surface area contributed by atoms with Crippen molar-refractivity contribution in [2.45, 2.75) is 31.4 Å². The number of piperidine rings is 3. The highest BCUT2D eigenvalue weighted by molar-refractivity contribution is 5.87. The number of alkyl carbamates (subject to hydrolysis) is 1. The Morgan fingerprint density at radius 2 is 1.68 bits per heavy atom. The quantitative estimate of drug-likeness (QED) is 0.434. The lowest BCUT2D eigenvalue weighted by atomic mass is 9.86. The van der Waals surface area contributed by atoms with Gasteiger partial charge >= 0.3 is 12.1 Å². The van der Waals surface area contributed by atoms with Crippen LogP contribution in [0.2, 0.25) is 0 Å². The smallest absolute Gasteiger partial charge is 0.408 e. The number of hydrogen-bond acceptors (Lipinski definition) is 5. The third-order valence-electron chi connectivity index (χ3n) is 7.30. The summed E-state index contributed by atoms with van der Waals surface area (Å²) in [6.07, 6.45) is 2.37. The first-order valence-electron chi connectivity index (χ1n) is 12.8. The minimum atomic E-state index is -0.936. The lowest BCUT2D eigenvalue weighted by Gasteiger charge is -2.43. The van der Waals surface area contributed by atoms with Gasteiger partial charge in [0, 0.05) is 13.0 Å². The SMILES string of the molecule is O=C(NC(c1ccccc1)c1cccc(OCCc2ccc(C(=O)O)cc2)c1)OC1CN2CCC1CC2. The highest BCUT2D eigenvalue weighted by Gasteiger charge is 2.36. The first-order valence-corrected chi connectivity index (χ1v) is 12.8. The molecule has 3 heterocycles. The molecule has 2 bridgehead atoms. The van der Waals surface area contributed by atoms with Crippen LogP contribution >= 0.6 is 0 Å². The number of amides is 1. The first kappa shape index (κ1) is 24.8. The molecule has 2 N–H and O–H groups in total. The lowest BCUT2D eigenvalue weighted by molar-refractivity contribution is -0.0336. The summed E-state index contributed by atoms with van der Waals surface area (Å²) in [4.78, 5) is 26.4. The Morgan fingerprint density at radius 1 is 0.946 bits per heavy atom. The summed E-state index contributed by atoms with van der Waals surface area (Å²) in [5.74, 6) is 0.213. The second-order valence-electron chi connectivity index (χ2n) is 9.74. The molecule has 3 aromatic rings. The number of carbonyl (C=O) groups excluding carboxylic acids is 1. The van der Waals surface area contributed by atoms with Crippen LogP contribution in [0.1, 0.15) is 45.9 Å². The molecule has 3 aliphatic heterocycles. The molecule has 2 unspecified atom stereocenters. The highest BCUT2D eigenvalue weighted by atomic mass is 16.6. The zero-order valence-electron chi connectivity index (χ0n) is 20.7. The third-order valence-corrected chi connectivity index (χ3v) is 7.30. The van der Waals surface area contributed by atoms with Crippen molar-refractivity contribution in [1.82, 2.24) is 10.2 Å². The van der Waals surface area contributed by atoms with Gasteiger partial charge in [0.25, 0.3) is 0 Å². The van der Waals surface area contributed by atoms with Gasteiger partial charge in [-0.3, -0.25) is 4.90 Å². The molecule has 37 heavy (non-hydrogen) atoms. The Morgan fingerprint density at radius 3 is 2.35 bits per heavy atom. The first-order chi connectivity index (χ1) is 18.0. The molecule has 3 aliphatic rings. The number of carboxylic acid groups (broad SMARTS) is 1. The fourth-order valence-corrected chi connectivity index (χ4v) is 5.22. The second kappa shape index (κ2) is 11.5. The van der Waals surface area contributed by atoms with Gasteiger partial charge in [-0.05, 0) is 72.8 Å². The van der Waals surface area contributed by atoms with Gasteiger partial charge in [0.1, 0.15) is 11.9 Å². The van der Waals surface area contributed by atoms with Gasteiger partial charge in [0.15, 0.2) is 0 Å². The number of hydrogen-bond donors (Lipinski definition) is 2. The summed E-state index contributed by atoms with van der Waals surface area (Å²) in [7, 11) is 0. The van der Waals surface area contributed by atoms with Crippen molar-refractivity contribution in [3.63, 3.8) is 0 Å². The van der Waals surface area contributed by atoms with Crippen LogP contribution in [0.25, 0.3) is 0 Å². The molecule has 2 atom stereocenters. The Labute approximate surface area is 217 Å². The van der Waals surface area contributed by atoms with Crippen LogP contribution in [0.4, 0.5) is 4.79 Å². The third kappa shape index (κ3) is 6.30. The maximum atomic E-state index is 13.0. The van der Waals surface area contributed by atoms with Crippen LogP contribution in [0.5, 0.6) is 5.75 Å². The minimum absolute atomic E-state index is 0.0573. The molecule has 3 saturated heterocycles. The Bertz CT molecular complexity index is 1210. The van der Waals surface area contributed by atoms with E-state index in [1.54, 1.807) is 24.3 Å². The number of ether oxygens (including phenoxy) is 2. The van der Waals surface area contributed by atoms with E-state index in [1.165, 1.54) is 0 Å². The number of nitrogens with one attached hydrogen (secondary N) is 1. The average Bonchev–Trinajstić information content (AvgIpc) is 2.93. The fourth-order valence-electron chi connectivity index (χ4n) is 5.22. The van der Waals surface area contributed by atoms with Gasteiger partial charge in [-0.2, -0.15) is 0 Å². The molecule has 1 amide bonds. The summed E-state index contributed by atoms with van der Waals surface area (Å²) in [5.41, 5.74) is 3.13. The molecule has 7 nitrogen and oxygen atoms in total. The van der Waals surface area contributed by atoms with E-state index in [4.69, 9.17) is 14.6 Å². The van der Waals surface area contributed by atoms with Gasteiger partial charge in [-0.1, -0.05) is 54.6 Å². The molecule has 7 heteroatoms. The molecular formula is C30H32N2O5. The molecule has 192 valence electrons. The maximum absolute atomic E-state index is 13.0. The molecule has 0 saturated carbocycles. The van der Waals surface area contributed by atoms with E-state index in [0.29, 0.717) is 24.7 Å². The van der Waals surface area contributed by atoms with E-state index in [9.17, 15) is 9.59 Å². The molecule has 3 fully saturated rings. The minimum Gasteiger partial charge on any atom is -0.493 e. The van der Waals surface area contributed by atoms with Crippen molar-refractivity contribution >= 4 is 12.1 Å². The van der Waals surface area contributed by atoms with Crippen molar-refractivity contribution in [3.8, 4) is 5.75 Å². The average molecular weight is 501 g/mol. The zero-order chi connectivity index (χ0) is 25.6. The Hall–Kier alpha value is -3.84. The molecule has 0 spiro atoms. The van der Waals surface area contributed by atoms with Crippen LogP contribution in [-0.2, 0) is 11.2 Å². The topological polar surface area (TPSA) is 88.1 Å². The molecule has 3 aromatic carbocycles. The number of carbonyl (C=O) groups is 2. The Kier molecular flexibility index (Phi) is 7.70. The monoisotopic (exact) mass is 500 g/mol. The zero-order valence-corrected chi connectivity index (χ0v) is 20.7. The predicted octanol–water partition coefficient (Wildman–Crippen LogP) is 4.92. The summed E-state index contributed by atoms with van der Waals surface area (Å²) in [6.45, 7) is 3.45. The summed E-state index contributed by atoms with van der Waals surface area (Å²) in [6, 6.07) is 24.0. The van der Waals surface area contributed by atoms with E-state index in [0.717, 1.165) is 49.2 Å². The van der Waals surface area contributed by atoms with Crippen molar-refractivity contribution in [1.29, 1.82) is 0 Å². The van der Waals surface area contributed by atoms with Gasteiger partial charge in [-0.15, -0.1) is 0 Å². The van der Waals surface area contributed by atoms with E-state index in [-0.39, 0.29) is 17.7 Å². The number of rotatable bonds is 9. The van der Waals surface area contributed by atoms with Gasteiger partial charge in [0.2, 0.25) is 0 Å². The largest absolute Gasteiger partial charge is 0.493 e. The normalized spacial score (nSPS) is 21.1. The molecule has 6 rings (SSSR count). The Balaban J connectivity index is 1.24. The van der Waals surface area contributed by atoms with Crippen molar-refractivity contribution in [2.24, 2.45) is 5.92 Å². The van der Waals surface area contributed by atoms with E-state index >= 15 is 0 Å². The fraction of sp³-hybridized carbons (Fsp3) is 0.333. The van der Waals surface area contributed by atoms with Crippen LogP contribution in [0.3, 0.4) is 0 Å². The number of nitrogens with zero attached hydrogens (tertiary/aromatic N) is 1. The molecule has 0 aliphatic carbocycles. The van der Waals surface area contributed by atoms with Gasteiger partial charge in [0.05, 0.1) is 18.2 Å². The van der Waals surface area contributed by atoms with Gasteiger partial charge < -0.3 is 19.9 Å². The van der Waals surface area contributed by atoms with Crippen LogP contribution in [0, 0.1) is 5.92 Å². The van der Waals surface area contributed by atoms with E-state index in [1.807, 2.05) is 54.6 Å². The number of benzene rings is 3. The molecular weight excluding hydrogens is 468 g/mol. The van der Waals surface area contributed by atoms with Crippen LogP contribution in [-0.4, -0.2) is 54.4 Å². The van der Waals surface area contributed by atoms with Crippen molar-refractivity contribution in [3.05, 3.63) is 101 Å². The lowest BCUT2D eigenvalue weighted by Crippen LogP contribution is -2.52. The highest BCUT2D eigenvalue weighted by Crippen LogP contribution is 2.30. The number of aromatic carboxylic acids is 1.